The summed E-state index contributed by atoms with van der Waals surface area (Å²) in [6.07, 6.45) is 1.97. The number of Topliss-reactive ketones (excluding diaryl/α,β-unsaturated/α-hetero) is 1. The first-order chi connectivity index (χ1) is 9.10. The SMILES string of the molecule is CC(=O)Cc1cccc(Cn2cnc(C#N)c2N)c1. The van der Waals surface area contributed by atoms with Crippen LogP contribution in [0.2, 0.25) is 0 Å². The summed E-state index contributed by atoms with van der Waals surface area (Å²) in [5.41, 5.74) is 8.04. The van der Waals surface area contributed by atoms with Gasteiger partial charge in [0.05, 0.1) is 12.9 Å². The van der Waals surface area contributed by atoms with Gasteiger partial charge in [-0.2, -0.15) is 5.26 Å². The van der Waals surface area contributed by atoms with E-state index >= 15 is 0 Å². The molecule has 2 rings (SSSR count). The predicted molar refractivity (Wildman–Crippen MR) is 71.3 cm³/mol. The molecule has 0 radical (unpaired) electrons. The first kappa shape index (κ1) is 12.8. The molecule has 0 saturated carbocycles. The van der Waals surface area contributed by atoms with Crippen LogP contribution < -0.4 is 5.73 Å². The molecule has 0 unspecified atom stereocenters. The van der Waals surface area contributed by atoms with Gasteiger partial charge in [-0.05, 0) is 18.1 Å². The second-order valence-corrected chi connectivity index (χ2v) is 4.42. The number of hydrogen-bond acceptors (Lipinski definition) is 4. The number of rotatable bonds is 4. The largest absolute Gasteiger partial charge is 0.383 e. The van der Waals surface area contributed by atoms with Crippen molar-refractivity contribution in [3.8, 4) is 6.07 Å². The number of imidazole rings is 1. The molecule has 0 aliphatic heterocycles. The Kier molecular flexibility index (Phi) is 3.62. The van der Waals surface area contributed by atoms with Crippen LogP contribution in [-0.4, -0.2) is 15.3 Å². The van der Waals surface area contributed by atoms with E-state index in [2.05, 4.69) is 4.98 Å². The number of ketones is 1. The molecule has 19 heavy (non-hydrogen) atoms. The van der Waals surface area contributed by atoms with Crippen LogP contribution in [0, 0.1) is 11.3 Å². The number of nitrogens with two attached hydrogens (primary N) is 1. The van der Waals surface area contributed by atoms with Crippen LogP contribution in [0.3, 0.4) is 0 Å². The molecule has 1 aromatic carbocycles. The number of carbonyl (C=O) groups excluding carboxylic acids is 1. The lowest BCUT2D eigenvalue weighted by molar-refractivity contribution is -0.116. The van der Waals surface area contributed by atoms with Gasteiger partial charge in [0, 0.05) is 6.42 Å². The summed E-state index contributed by atoms with van der Waals surface area (Å²) >= 11 is 0. The molecule has 0 saturated heterocycles. The maximum atomic E-state index is 11.1. The average molecular weight is 254 g/mol. The molecule has 0 fully saturated rings. The molecule has 0 aliphatic rings. The van der Waals surface area contributed by atoms with Gasteiger partial charge in [0.25, 0.3) is 0 Å². The Morgan fingerprint density at radius 3 is 2.84 bits per heavy atom. The van der Waals surface area contributed by atoms with E-state index in [9.17, 15) is 4.79 Å². The van der Waals surface area contributed by atoms with Gasteiger partial charge in [0.15, 0.2) is 5.69 Å². The van der Waals surface area contributed by atoms with E-state index in [1.807, 2.05) is 30.3 Å². The monoisotopic (exact) mass is 254 g/mol. The van der Waals surface area contributed by atoms with Crippen molar-refractivity contribution in [3.63, 3.8) is 0 Å². The lowest BCUT2D eigenvalue weighted by atomic mass is 10.1. The quantitative estimate of drug-likeness (QED) is 0.896. The molecule has 1 heterocycles. The van der Waals surface area contributed by atoms with Gasteiger partial charge in [-0.15, -0.1) is 0 Å². The topological polar surface area (TPSA) is 84.7 Å². The van der Waals surface area contributed by atoms with Crippen molar-refractivity contribution in [2.45, 2.75) is 19.9 Å². The zero-order valence-corrected chi connectivity index (χ0v) is 10.6. The summed E-state index contributed by atoms with van der Waals surface area (Å²) in [5, 5.41) is 8.80. The third-order valence-electron chi connectivity index (χ3n) is 2.78. The number of nitrogens with zero attached hydrogens (tertiary/aromatic N) is 3. The minimum atomic E-state index is 0.131. The highest BCUT2D eigenvalue weighted by atomic mass is 16.1. The highest BCUT2D eigenvalue weighted by Gasteiger charge is 2.07. The first-order valence-electron chi connectivity index (χ1n) is 5.88. The summed E-state index contributed by atoms with van der Waals surface area (Å²) in [7, 11) is 0. The maximum absolute atomic E-state index is 11.1. The number of anilines is 1. The third kappa shape index (κ3) is 2.99. The van der Waals surface area contributed by atoms with Crippen LogP contribution in [0.25, 0.3) is 0 Å². The highest BCUT2D eigenvalue weighted by Crippen LogP contribution is 2.13. The van der Waals surface area contributed by atoms with Gasteiger partial charge in [0.1, 0.15) is 17.7 Å². The van der Waals surface area contributed by atoms with E-state index in [1.54, 1.807) is 17.8 Å². The summed E-state index contributed by atoms with van der Waals surface area (Å²) in [4.78, 5) is 15.0. The molecule has 5 nitrogen and oxygen atoms in total. The van der Waals surface area contributed by atoms with Crippen LogP contribution in [-0.2, 0) is 17.8 Å². The van der Waals surface area contributed by atoms with Gasteiger partial charge in [-0.3, -0.25) is 4.79 Å². The van der Waals surface area contributed by atoms with E-state index in [-0.39, 0.29) is 11.5 Å². The summed E-state index contributed by atoms with van der Waals surface area (Å²) in [6, 6.07) is 9.68. The molecule has 2 aromatic rings. The molecule has 1 aromatic heterocycles. The molecule has 0 spiro atoms. The highest BCUT2D eigenvalue weighted by molar-refractivity contribution is 5.78. The second kappa shape index (κ2) is 5.36. The second-order valence-electron chi connectivity index (χ2n) is 4.42. The fourth-order valence-electron chi connectivity index (χ4n) is 1.93. The summed E-state index contributed by atoms with van der Waals surface area (Å²) in [6.45, 7) is 2.10. The van der Waals surface area contributed by atoms with Crippen LogP contribution in [0.1, 0.15) is 23.7 Å². The summed E-state index contributed by atoms with van der Waals surface area (Å²) < 4.78 is 1.71. The fraction of sp³-hybridized carbons (Fsp3) is 0.214. The van der Waals surface area contributed by atoms with Crippen LogP contribution in [0.4, 0.5) is 5.82 Å². The minimum Gasteiger partial charge on any atom is -0.383 e. The standard InChI is InChI=1S/C14H14N4O/c1-10(19)5-11-3-2-4-12(6-11)8-18-9-17-13(7-15)14(18)16/h2-4,6,9H,5,8,16H2,1H3. The van der Waals surface area contributed by atoms with E-state index in [0.29, 0.717) is 18.8 Å². The number of hydrogen-bond donors (Lipinski definition) is 1. The molecule has 96 valence electrons. The summed E-state index contributed by atoms with van der Waals surface area (Å²) in [5.74, 6) is 0.491. The molecule has 0 bridgehead atoms. The van der Waals surface area contributed by atoms with Crippen LogP contribution >= 0.6 is 0 Å². The van der Waals surface area contributed by atoms with Gasteiger partial charge < -0.3 is 10.3 Å². The predicted octanol–water partition coefficient (Wildman–Crippen LogP) is 1.52. The van der Waals surface area contributed by atoms with Gasteiger partial charge in [0.2, 0.25) is 0 Å². The number of nitrogen functional groups attached to an aromatic ring is 1. The van der Waals surface area contributed by atoms with Crippen molar-refractivity contribution in [2.75, 3.05) is 5.73 Å². The van der Waals surface area contributed by atoms with Crippen LogP contribution in [0.5, 0.6) is 0 Å². The Balaban J connectivity index is 2.21. The Hall–Kier alpha value is -2.61. The van der Waals surface area contributed by atoms with Gasteiger partial charge >= 0.3 is 0 Å². The number of nitriles is 1. The van der Waals surface area contributed by atoms with Crippen LogP contribution in [0.15, 0.2) is 30.6 Å². The smallest absolute Gasteiger partial charge is 0.182 e. The van der Waals surface area contributed by atoms with Crippen molar-refractivity contribution in [2.24, 2.45) is 0 Å². The van der Waals surface area contributed by atoms with E-state index in [1.165, 1.54) is 0 Å². The van der Waals surface area contributed by atoms with E-state index < -0.39 is 0 Å². The fourth-order valence-corrected chi connectivity index (χ4v) is 1.93. The molecule has 0 amide bonds. The minimum absolute atomic E-state index is 0.131. The molecule has 0 atom stereocenters. The van der Waals surface area contributed by atoms with Crippen molar-refractivity contribution in [3.05, 3.63) is 47.4 Å². The van der Waals surface area contributed by atoms with E-state index in [0.717, 1.165) is 11.1 Å². The van der Waals surface area contributed by atoms with Crippen molar-refractivity contribution < 1.29 is 4.79 Å². The normalized spacial score (nSPS) is 10.1. The lowest BCUT2D eigenvalue weighted by Gasteiger charge is -2.07. The van der Waals surface area contributed by atoms with Gasteiger partial charge in [-0.1, -0.05) is 24.3 Å². The Labute approximate surface area is 111 Å². The maximum Gasteiger partial charge on any atom is 0.182 e. The lowest BCUT2D eigenvalue weighted by Crippen LogP contribution is -2.04. The molecule has 5 heteroatoms. The molecular weight excluding hydrogens is 240 g/mol. The zero-order chi connectivity index (χ0) is 13.8. The average Bonchev–Trinajstić information content (AvgIpc) is 2.70. The molecular formula is C14H14N4O. The Morgan fingerprint density at radius 2 is 2.21 bits per heavy atom. The Morgan fingerprint density at radius 1 is 1.47 bits per heavy atom. The van der Waals surface area contributed by atoms with Crippen molar-refractivity contribution >= 4 is 11.6 Å². The zero-order valence-electron chi connectivity index (χ0n) is 10.6. The van der Waals surface area contributed by atoms with E-state index in [4.69, 9.17) is 11.0 Å². The van der Waals surface area contributed by atoms with Crippen molar-refractivity contribution in [1.82, 2.24) is 9.55 Å². The van der Waals surface area contributed by atoms with Crippen molar-refractivity contribution in [1.29, 1.82) is 5.26 Å². The third-order valence-corrected chi connectivity index (χ3v) is 2.78. The number of carbonyl (C=O) groups is 1. The Bertz CT molecular complexity index is 652. The molecule has 2 N–H and O–H groups in total. The first-order valence-corrected chi connectivity index (χ1v) is 5.88. The molecule has 0 aliphatic carbocycles. The number of aromatic nitrogens is 2. The van der Waals surface area contributed by atoms with Gasteiger partial charge in [-0.25, -0.2) is 4.98 Å². The number of benzene rings is 1.